The van der Waals surface area contributed by atoms with Crippen molar-refractivity contribution in [3.8, 4) is 5.75 Å². The van der Waals surface area contributed by atoms with E-state index < -0.39 is 11.9 Å². The summed E-state index contributed by atoms with van der Waals surface area (Å²) in [6.45, 7) is 2.76. The molecule has 2 atom stereocenters. The lowest BCUT2D eigenvalue weighted by atomic mass is 10.0. The van der Waals surface area contributed by atoms with Gasteiger partial charge in [-0.15, -0.1) is 0 Å². The number of fused-ring (bicyclic) bond motifs is 2. The topological polar surface area (TPSA) is 105 Å². The fourth-order valence-corrected chi connectivity index (χ4v) is 5.53. The van der Waals surface area contributed by atoms with E-state index in [1.54, 1.807) is 11.0 Å². The molecule has 1 N–H and O–H groups in total. The van der Waals surface area contributed by atoms with Crippen LogP contribution in [-0.2, 0) is 22.7 Å². The van der Waals surface area contributed by atoms with Gasteiger partial charge in [-0.25, -0.2) is 4.98 Å². The van der Waals surface area contributed by atoms with E-state index in [1.165, 1.54) is 24.8 Å². The number of amides is 3. The highest BCUT2D eigenvalue weighted by molar-refractivity contribution is 6.05. The van der Waals surface area contributed by atoms with E-state index >= 15 is 0 Å². The highest BCUT2D eigenvalue weighted by Gasteiger charge is 2.39. The number of nitrogens with zero attached hydrogens (tertiary/aromatic N) is 3. The smallest absolute Gasteiger partial charge is 0.255 e. The molecule has 2 fully saturated rings. The SMILES string of the molecule is O=C1CCC(N2Cc3cc(OC[C@H]4CCCCN4Cc4ccc5ocnc5c4)ccc3C2=O)C(=O)N1. The van der Waals surface area contributed by atoms with Gasteiger partial charge in [-0.2, -0.15) is 0 Å². The Morgan fingerprint density at radius 1 is 1.08 bits per heavy atom. The lowest BCUT2D eigenvalue weighted by molar-refractivity contribution is -0.136. The molecule has 3 aromatic rings. The number of imide groups is 1. The standard InChI is InChI=1S/C27H28N4O5/c32-25-9-7-23(26(33)29-25)31-14-18-12-20(5-6-21(18)27(31)34)35-15-19-3-1-2-10-30(19)13-17-4-8-24-22(11-17)28-16-36-24/h4-6,8,11-12,16,19,23H,1-3,7,9-10,13-15H2,(H,29,32,33)/t19-,23?/m1/s1. The Bertz CT molecular complexity index is 1330. The zero-order valence-electron chi connectivity index (χ0n) is 19.9. The van der Waals surface area contributed by atoms with Crippen molar-refractivity contribution in [1.29, 1.82) is 0 Å². The highest BCUT2D eigenvalue weighted by Crippen LogP contribution is 2.31. The van der Waals surface area contributed by atoms with Crippen molar-refractivity contribution >= 4 is 28.8 Å². The Hall–Kier alpha value is -3.72. The fraction of sp³-hybridized carbons (Fsp3) is 0.407. The molecule has 9 nitrogen and oxygen atoms in total. The summed E-state index contributed by atoms with van der Waals surface area (Å²) in [6, 6.07) is 11.3. The van der Waals surface area contributed by atoms with Crippen molar-refractivity contribution in [2.24, 2.45) is 0 Å². The summed E-state index contributed by atoms with van der Waals surface area (Å²) in [5, 5.41) is 2.34. The second kappa shape index (κ2) is 9.39. The second-order valence-electron chi connectivity index (χ2n) is 9.80. The van der Waals surface area contributed by atoms with E-state index in [9.17, 15) is 14.4 Å². The maximum Gasteiger partial charge on any atom is 0.255 e. The highest BCUT2D eigenvalue weighted by atomic mass is 16.5. The molecule has 3 aliphatic rings. The molecular weight excluding hydrogens is 460 g/mol. The van der Waals surface area contributed by atoms with Gasteiger partial charge in [-0.1, -0.05) is 12.5 Å². The number of carbonyl (C=O) groups excluding carboxylic acids is 3. The molecule has 36 heavy (non-hydrogen) atoms. The van der Waals surface area contributed by atoms with Gasteiger partial charge in [-0.3, -0.25) is 24.6 Å². The number of oxazole rings is 1. The van der Waals surface area contributed by atoms with Crippen molar-refractivity contribution in [3.63, 3.8) is 0 Å². The van der Waals surface area contributed by atoms with Gasteiger partial charge in [0, 0.05) is 31.1 Å². The van der Waals surface area contributed by atoms with E-state index in [0.717, 1.165) is 41.9 Å². The van der Waals surface area contributed by atoms with Gasteiger partial charge in [0.25, 0.3) is 5.91 Å². The molecule has 6 rings (SSSR count). The minimum atomic E-state index is -0.612. The molecule has 0 radical (unpaired) electrons. The van der Waals surface area contributed by atoms with Gasteiger partial charge in [0.1, 0.15) is 23.9 Å². The zero-order chi connectivity index (χ0) is 24.6. The van der Waals surface area contributed by atoms with Crippen LogP contribution in [0.25, 0.3) is 11.1 Å². The summed E-state index contributed by atoms with van der Waals surface area (Å²) in [7, 11) is 0. The second-order valence-corrected chi connectivity index (χ2v) is 9.80. The lowest BCUT2D eigenvalue weighted by Gasteiger charge is -2.35. The maximum atomic E-state index is 12.9. The molecule has 0 bridgehead atoms. The van der Waals surface area contributed by atoms with Crippen LogP contribution >= 0.6 is 0 Å². The molecule has 0 spiro atoms. The normalized spacial score (nSPS) is 22.7. The third-order valence-corrected chi connectivity index (χ3v) is 7.47. The Kier molecular flexibility index (Phi) is 5.92. The van der Waals surface area contributed by atoms with Gasteiger partial charge in [0.15, 0.2) is 12.0 Å². The molecule has 4 heterocycles. The van der Waals surface area contributed by atoms with Crippen molar-refractivity contribution < 1.29 is 23.5 Å². The summed E-state index contributed by atoms with van der Waals surface area (Å²) in [5.41, 5.74) is 4.31. The van der Waals surface area contributed by atoms with E-state index in [4.69, 9.17) is 9.15 Å². The van der Waals surface area contributed by atoms with Crippen LogP contribution in [0.1, 0.15) is 53.6 Å². The van der Waals surface area contributed by atoms with Gasteiger partial charge in [0.05, 0.1) is 0 Å². The Morgan fingerprint density at radius 2 is 2.00 bits per heavy atom. The molecule has 0 aliphatic carbocycles. The summed E-state index contributed by atoms with van der Waals surface area (Å²) in [5.74, 6) is -0.134. The first-order valence-electron chi connectivity index (χ1n) is 12.5. The van der Waals surface area contributed by atoms with Crippen LogP contribution in [0.2, 0.25) is 0 Å². The minimum Gasteiger partial charge on any atom is -0.492 e. The first-order valence-corrected chi connectivity index (χ1v) is 12.5. The maximum absolute atomic E-state index is 12.9. The molecule has 1 unspecified atom stereocenters. The molecule has 3 amide bonds. The summed E-state index contributed by atoms with van der Waals surface area (Å²) in [4.78, 5) is 45.0. The third kappa shape index (κ3) is 4.35. The van der Waals surface area contributed by atoms with Crippen molar-refractivity contribution in [2.75, 3.05) is 13.2 Å². The predicted molar refractivity (Wildman–Crippen MR) is 130 cm³/mol. The molecule has 9 heteroatoms. The number of hydrogen-bond acceptors (Lipinski definition) is 7. The average Bonchev–Trinajstić information content (AvgIpc) is 3.47. The van der Waals surface area contributed by atoms with E-state index in [1.807, 2.05) is 18.2 Å². The lowest BCUT2D eigenvalue weighted by Crippen LogP contribution is -2.52. The zero-order valence-corrected chi connectivity index (χ0v) is 19.9. The molecular formula is C27H28N4O5. The average molecular weight is 489 g/mol. The van der Waals surface area contributed by atoms with Crippen LogP contribution in [0.5, 0.6) is 5.75 Å². The van der Waals surface area contributed by atoms with Gasteiger partial charge in [-0.05, 0) is 67.3 Å². The van der Waals surface area contributed by atoms with Gasteiger partial charge in [0.2, 0.25) is 11.8 Å². The molecule has 0 saturated carbocycles. The molecule has 1 aromatic heterocycles. The van der Waals surface area contributed by atoms with E-state index in [-0.39, 0.29) is 18.2 Å². The molecule has 2 saturated heterocycles. The van der Waals surface area contributed by atoms with Crippen LogP contribution in [0.15, 0.2) is 47.2 Å². The largest absolute Gasteiger partial charge is 0.492 e. The van der Waals surface area contributed by atoms with Crippen LogP contribution in [0.4, 0.5) is 0 Å². The van der Waals surface area contributed by atoms with Gasteiger partial charge < -0.3 is 14.1 Å². The fourth-order valence-electron chi connectivity index (χ4n) is 5.53. The minimum absolute atomic E-state index is 0.173. The Labute approximate surface area is 208 Å². The molecule has 3 aliphatic heterocycles. The first kappa shape index (κ1) is 22.7. The predicted octanol–water partition coefficient (Wildman–Crippen LogP) is 3.02. The number of ether oxygens (including phenoxy) is 1. The number of aromatic nitrogens is 1. The monoisotopic (exact) mass is 488 g/mol. The van der Waals surface area contributed by atoms with Gasteiger partial charge >= 0.3 is 0 Å². The molecule has 2 aromatic carbocycles. The summed E-state index contributed by atoms with van der Waals surface area (Å²) >= 11 is 0. The first-order chi connectivity index (χ1) is 17.5. The number of hydrogen-bond donors (Lipinski definition) is 1. The van der Waals surface area contributed by atoms with Crippen molar-refractivity contribution in [2.45, 2.75) is 57.3 Å². The number of nitrogens with one attached hydrogen (secondary N) is 1. The van der Waals surface area contributed by atoms with Crippen LogP contribution in [0, 0.1) is 0 Å². The van der Waals surface area contributed by atoms with E-state index in [2.05, 4.69) is 27.3 Å². The van der Waals surface area contributed by atoms with Crippen molar-refractivity contribution in [3.05, 3.63) is 59.5 Å². The van der Waals surface area contributed by atoms with Crippen molar-refractivity contribution in [1.82, 2.24) is 20.1 Å². The number of piperidine rings is 2. The van der Waals surface area contributed by atoms with Crippen LogP contribution < -0.4 is 10.1 Å². The Morgan fingerprint density at radius 3 is 2.89 bits per heavy atom. The quantitative estimate of drug-likeness (QED) is 0.532. The van der Waals surface area contributed by atoms with Crippen LogP contribution in [-0.4, -0.2) is 57.7 Å². The molecule has 186 valence electrons. The number of benzene rings is 2. The van der Waals surface area contributed by atoms with Crippen LogP contribution in [0.3, 0.4) is 0 Å². The Balaban J connectivity index is 1.11. The number of rotatable bonds is 6. The number of carbonyl (C=O) groups is 3. The van der Waals surface area contributed by atoms with E-state index in [0.29, 0.717) is 31.2 Å². The number of likely N-dealkylation sites (tertiary alicyclic amines) is 1. The summed E-state index contributed by atoms with van der Waals surface area (Å²) < 4.78 is 11.6. The third-order valence-electron chi connectivity index (χ3n) is 7.47. The summed E-state index contributed by atoms with van der Waals surface area (Å²) in [6.07, 6.45) is 5.48.